The minimum Gasteiger partial charge on any atom is -0.497 e. The third kappa shape index (κ3) is 5.73. The number of rotatable bonds is 7. The summed E-state index contributed by atoms with van der Waals surface area (Å²) in [6.07, 6.45) is 0. The standard InChI is InChI=1S/C23H30N4O3/c1-17-6-4-7-18(2)23(17)25-21(28)15-24-22(29)16-26-10-12-27(13-11-26)19-8-5-9-20(14-19)30-3/h4-9,14H,10-13,15-16H2,1-3H3,(H,24,29)(H,25,28)/p+1. The van der Waals surface area contributed by atoms with E-state index in [1.165, 1.54) is 4.90 Å². The molecule has 0 spiro atoms. The van der Waals surface area contributed by atoms with Crippen molar-refractivity contribution in [2.75, 3.05) is 56.6 Å². The van der Waals surface area contributed by atoms with Crippen LogP contribution in [0.3, 0.4) is 0 Å². The molecular weight excluding hydrogens is 380 g/mol. The average molecular weight is 412 g/mol. The molecule has 30 heavy (non-hydrogen) atoms. The van der Waals surface area contributed by atoms with E-state index in [-0.39, 0.29) is 18.4 Å². The van der Waals surface area contributed by atoms with E-state index in [1.54, 1.807) is 7.11 Å². The third-order valence-corrected chi connectivity index (χ3v) is 5.49. The molecule has 0 saturated carbocycles. The Morgan fingerprint density at radius 2 is 1.70 bits per heavy atom. The second kappa shape index (κ2) is 10.1. The first kappa shape index (κ1) is 21.6. The summed E-state index contributed by atoms with van der Waals surface area (Å²) in [5, 5.41) is 5.64. The van der Waals surface area contributed by atoms with Gasteiger partial charge >= 0.3 is 0 Å². The highest BCUT2D eigenvalue weighted by atomic mass is 16.5. The number of piperazine rings is 1. The number of aryl methyl sites for hydroxylation is 2. The number of methoxy groups -OCH3 is 1. The molecule has 1 fully saturated rings. The van der Waals surface area contributed by atoms with Gasteiger partial charge in [-0.15, -0.1) is 0 Å². The van der Waals surface area contributed by atoms with Crippen molar-refractivity contribution in [2.45, 2.75) is 13.8 Å². The van der Waals surface area contributed by atoms with Crippen LogP contribution in [0, 0.1) is 13.8 Å². The Bertz CT molecular complexity index is 872. The van der Waals surface area contributed by atoms with Crippen LogP contribution < -0.4 is 25.2 Å². The van der Waals surface area contributed by atoms with Gasteiger partial charge in [0.15, 0.2) is 6.54 Å². The van der Waals surface area contributed by atoms with Crippen LogP contribution in [-0.4, -0.2) is 58.2 Å². The number of nitrogens with zero attached hydrogens (tertiary/aromatic N) is 1. The zero-order valence-electron chi connectivity index (χ0n) is 18.0. The molecule has 0 atom stereocenters. The van der Waals surface area contributed by atoms with Crippen molar-refractivity contribution in [3.63, 3.8) is 0 Å². The fraction of sp³-hybridized carbons (Fsp3) is 0.391. The maximum absolute atomic E-state index is 12.3. The Balaban J connectivity index is 1.41. The lowest BCUT2D eigenvalue weighted by Crippen LogP contribution is -3.16. The summed E-state index contributed by atoms with van der Waals surface area (Å²) in [4.78, 5) is 28.0. The Morgan fingerprint density at radius 3 is 2.37 bits per heavy atom. The minimum absolute atomic E-state index is 0.0180. The lowest BCUT2D eigenvalue weighted by molar-refractivity contribution is -0.892. The van der Waals surface area contributed by atoms with Gasteiger partial charge in [-0.2, -0.15) is 0 Å². The number of carbonyl (C=O) groups excluding carboxylic acids is 2. The maximum atomic E-state index is 12.3. The molecule has 0 aliphatic carbocycles. The van der Waals surface area contributed by atoms with Gasteiger partial charge in [0.25, 0.3) is 5.91 Å². The van der Waals surface area contributed by atoms with Crippen molar-refractivity contribution in [2.24, 2.45) is 0 Å². The number of amides is 2. The van der Waals surface area contributed by atoms with E-state index < -0.39 is 0 Å². The number of anilines is 2. The van der Waals surface area contributed by atoms with Crippen LogP contribution in [0.4, 0.5) is 11.4 Å². The quantitative estimate of drug-likeness (QED) is 0.629. The van der Waals surface area contributed by atoms with Crippen LogP contribution in [0.5, 0.6) is 5.75 Å². The Labute approximate surface area is 178 Å². The minimum atomic E-state index is -0.210. The van der Waals surface area contributed by atoms with Gasteiger partial charge in [0.2, 0.25) is 5.91 Å². The van der Waals surface area contributed by atoms with E-state index in [0.717, 1.165) is 54.4 Å². The molecule has 2 aromatic carbocycles. The first-order valence-corrected chi connectivity index (χ1v) is 10.3. The molecule has 0 bridgehead atoms. The van der Waals surface area contributed by atoms with Crippen LogP contribution in [0.2, 0.25) is 0 Å². The largest absolute Gasteiger partial charge is 0.497 e. The molecule has 7 nitrogen and oxygen atoms in total. The molecule has 2 amide bonds. The second-order valence-corrected chi connectivity index (χ2v) is 7.71. The van der Waals surface area contributed by atoms with E-state index in [1.807, 2.05) is 50.2 Å². The molecule has 160 valence electrons. The molecule has 3 rings (SSSR count). The van der Waals surface area contributed by atoms with E-state index in [0.29, 0.717) is 6.54 Å². The summed E-state index contributed by atoms with van der Waals surface area (Å²) in [6, 6.07) is 13.9. The van der Waals surface area contributed by atoms with Gasteiger partial charge in [0.1, 0.15) is 5.75 Å². The fourth-order valence-electron chi connectivity index (χ4n) is 3.73. The average Bonchev–Trinajstić information content (AvgIpc) is 2.75. The Hall–Kier alpha value is -3.06. The first-order valence-electron chi connectivity index (χ1n) is 10.3. The molecule has 0 aromatic heterocycles. The Kier molecular flexibility index (Phi) is 7.30. The van der Waals surface area contributed by atoms with Crippen molar-refractivity contribution in [3.8, 4) is 5.75 Å². The third-order valence-electron chi connectivity index (χ3n) is 5.49. The summed E-state index contributed by atoms with van der Waals surface area (Å²) in [6.45, 7) is 7.77. The topological polar surface area (TPSA) is 75.1 Å². The number of carbonyl (C=O) groups is 2. The predicted molar refractivity (Wildman–Crippen MR) is 118 cm³/mol. The molecule has 1 aliphatic rings. The van der Waals surface area contributed by atoms with Gasteiger partial charge in [0, 0.05) is 17.4 Å². The Morgan fingerprint density at radius 1 is 1.03 bits per heavy atom. The summed E-state index contributed by atoms with van der Waals surface area (Å²) in [5.74, 6) is 0.538. The zero-order chi connectivity index (χ0) is 21.5. The van der Waals surface area contributed by atoms with E-state index in [9.17, 15) is 9.59 Å². The van der Waals surface area contributed by atoms with Crippen LogP contribution in [0.1, 0.15) is 11.1 Å². The number of nitrogens with one attached hydrogen (secondary N) is 3. The van der Waals surface area contributed by atoms with Gasteiger partial charge in [-0.3, -0.25) is 9.59 Å². The zero-order valence-corrected chi connectivity index (χ0v) is 18.0. The van der Waals surface area contributed by atoms with Crippen molar-refractivity contribution in [3.05, 3.63) is 53.6 Å². The first-order chi connectivity index (χ1) is 14.5. The smallest absolute Gasteiger partial charge is 0.275 e. The van der Waals surface area contributed by atoms with Crippen LogP contribution >= 0.6 is 0 Å². The molecule has 0 radical (unpaired) electrons. The summed E-state index contributed by atoms with van der Waals surface area (Å²) >= 11 is 0. The molecule has 1 heterocycles. The van der Waals surface area contributed by atoms with Crippen LogP contribution in [0.25, 0.3) is 0 Å². The second-order valence-electron chi connectivity index (χ2n) is 7.71. The molecule has 0 unspecified atom stereocenters. The van der Waals surface area contributed by atoms with Gasteiger partial charge in [0.05, 0.1) is 39.8 Å². The molecule has 2 aromatic rings. The summed E-state index contributed by atoms with van der Waals surface area (Å²) in [5.41, 5.74) is 3.97. The number of ether oxygens (including phenoxy) is 1. The highest BCUT2D eigenvalue weighted by Crippen LogP contribution is 2.21. The van der Waals surface area contributed by atoms with Gasteiger partial charge in [-0.25, -0.2) is 0 Å². The van der Waals surface area contributed by atoms with Gasteiger partial charge in [-0.1, -0.05) is 24.3 Å². The lowest BCUT2D eigenvalue weighted by Gasteiger charge is -2.33. The van der Waals surface area contributed by atoms with Crippen molar-refractivity contribution >= 4 is 23.2 Å². The summed E-state index contributed by atoms with van der Waals surface area (Å²) in [7, 11) is 1.67. The highest BCUT2D eigenvalue weighted by Gasteiger charge is 2.22. The maximum Gasteiger partial charge on any atom is 0.275 e. The number of benzene rings is 2. The lowest BCUT2D eigenvalue weighted by atomic mass is 10.1. The number of hydrogen-bond donors (Lipinski definition) is 3. The van der Waals surface area contributed by atoms with Gasteiger partial charge < -0.3 is 25.2 Å². The van der Waals surface area contributed by atoms with Crippen LogP contribution in [-0.2, 0) is 9.59 Å². The van der Waals surface area contributed by atoms with Crippen LogP contribution in [0.15, 0.2) is 42.5 Å². The molecule has 1 aliphatic heterocycles. The van der Waals surface area contributed by atoms with E-state index >= 15 is 0 Å². The normalized spacial score (nSPS) is 14.3. The number of hydrogen-bond acceptors (Lipinski definition) is 4. The number of para-hydroxylation sites is 1. The van der Waals surface area contributed by atoms with Gasteiger partial charge in [-0.05, 0) is 37.1 Å². The van der Waals surface area contributed by atoms with E-state index in [4.69, 9.17) is 4.74 Å². The molecule has 3 N–H and O–H groups in total. The monoisotopic (exact) mass is 411 g/mol. The van der Waals surface area contributed by atoms with Crippen molar-refractivity contribution < 1.29 is 19.2 Å². The number of quaternary nitrogens is 1. The van der Waals surface area contributed by atoms with Crippen molar-refractivity contribution in [1.82, 2.24) is 5.32 Å². The van der Waals surface area contributed by atoms with Crippen molar-refractivity contribution in [1.29, 1.82) is 0 Å². The van der Waals surface area contributed by atoms with E-state index in [2.05, 4.69) is 21.6 Å². The molecular formula is C23H31N4O3+. The SMILES string of the molecule is COc1cccc(N2CC[NH+](CC(=O)NCC(=O)Nc3c(C)cccc3C)CC2)c1. The molecule has 1 saturated heterocycles. The summed E-state index contributed by atoms with van der Waals surface area (Å²) < 4.78 is 5.30. The highest BCUT2D eigenvalue weighted by molar-refractivity contribution is 5.95. The predicted octanol–water partition coefficient (Wildman–Crippen LogP) is 0.772. The molecule has 7 heteroatoms. The fourth-order valence-corrected chi connectivity index (χ4v) is 3.73.